The quantitative estimate of drug-likeness (QED) is 0.361. The molecule has 1 aromatic carbocycles. The maximum atomic E-state index is 13.1. The molecule has 0 amide bonds. The van der Waals surface area contributed by atoms with Crippen molar-refractivity contribution in [1.82, 2.24) is 0 Å². The van der Waals surface area contributed by atoms with E-state index in [1.807, 2.05) is 0 Å². The summed E-state index contributed by atoms with van der Waals surface area (Å²) < 4.78 is 18.2. The summed E-state index contributed by atoms with van der Waals surface area (Å²) in [5.74, 6) is -0.547. The average molecular weight is 233 g/mol. The molecule has 0 spiro atoms. The van der Waals surface area contributed by atoms with Gasteiger partial charge in [0, 0.05) is 6.42 Å². The third-order valence-electron chi connectivity index (χ3n) is 1.65. The van der Waals surface area contributed by atoms with E-state index in [1.54, 1.807) is 0 Å². The third kappa shape index (κ3) is 3.28. The Morgan fingerprint density at radius 1 is 1.60 bits per heavy atom. The van der Waals surface area contributed by atoms with Crippen molar-refractivity contribution in [3.63, 3.8) is 0 Å². The molecule has 0 aliphatic carbocycles. The number of oxime groups is 1. The Morgan fingerprint density at radius 3 is 2.93 bits per heavy atom. The normalized spacial score (nSPS) is 11.5. The first-order valence-electron chi connectivity index (χ1n) is 4.18. The van der Waals surface area contributed by atoms with Crippen molar-refractivity contribution in [1.29, 1.82) is 0 Å². The first-order chi connectivity index (χ1) is 7.15. The van der Waals surface area contributed by atoms with Gasteiger partial charge >= 0.3 is 0 Å². The lowest BCUT2D eigenvalue weighted by molar-refractivity contribution is 0.298. The Labute approximate surface area is 91.1 Å². The summed E-state index contributed by atoms with van der Waals surface area (Å²) in [6.45, 7) is 0.0938. The molecule has 0 unspecified atom stereocenters. The van der Waals surface area contributed by atoms with Crippen LogP contribution >= 0.6 is 11.6 Å². The molecule has 6 heteroatoms. The van der Waals surface area contributed by atoms with Gasteiger partial charge in [-0.05, 0) is 12.1 Å². The molecule has 0 atom stereocenters. The molecule has 0 radical (unpaired) electrons. The van der Waals surface area contributed by atoms with E-state index < -0.39 is 5.82 Å². The van der Waals surface area contributed by atoms with Crippen LogP contribution in [0.4, 0.5) is 4.39 Å². The number of halogens is 2. The highest BCUT2D eigenvalue weighted by Gasteiger charge is 2.07. The summed E-state index contributed by atoms with van der Waals surface area (Å²) in [4.78, 5) is 0. The molecule has 0 bridgehead atoms. The number of hydrogen-bond acceptors (Lipinski definition) is 3. The zero-order chi connectivity index (χ0) is 11.3. The molecule has 0 aliphatic heterocycles. The molecule has 0 heterocycles. The van der Waals surface area contributed by atoms with Crippen LogP contribution in [0.5, 0.6) is 5.75 Å². The van der Waals surface area contributed by atoms with Crippen molar-refractivity contribution in [3.8, 4) is 5.75 Å². The van der Waals surface area contributed by atoms with Gasteiger partial charge in [0.15, 0.2) is 11.6 Å². The fourth-order valence-corrected chi connectivity index (χ4v) is 1.15. The van der Waals surface area contributed by atoms with E-state index in [-0.39, 0.29) is 29.6 Å². The van der Waals surface area contributed by atoms with E-state index in [9.17, 15) is 4.39 Å². The fraction of sp³-hybridized carbons (Fsp3) is 0.222. The fourth-order valence-electron chi connectivity index (χ4n) is 0.928. The van der Waals surface area contributed by atoms with Crippen LogP contribution in [0, 0.1) is 5.82 Å². The molecular formula is C9H10ClFN2O2. The van der Waals surface area contributed by atoms with Gasteiger partial charge in [0.2, 0.25) is 0 Å². The number of ether oxygens (including phenoxy) is 1. The molecule has 3 N–H and O–H groups in total. The van der Waals surface area contributed by atoms with Gasteiger partial charge in [0.1, 0.15) is 5.84 Å². The minimum atomic E-state index is -0.540. The van der Waals surface area contributed by atoms with Gasteiger partial charge in [-0.2, -0.15) is 0 Å². The number of rotatable bonds is 4. The molecule has 0 aliphatic rings. The summed E-state index contributed by atoms with van der Waals surface area (Å²) in [5.41, 5.74) is 5.21. The van der Waals surface area contributed by atoms with E-state index in [2.05, 4.69) is 5.16 Å². The molecule has 1 rings (SSSR count). The Bertz CT molecular complexity index is 351. The maximum Gasteiger partial charge on any atom is 0.173 e. The van der Waals surface area contributed by atoms with Gasteiger partial charge in [-0.15, -0.1) is 0 Å². The molecule has 0 saturated carbocycles. The van der Waals surface area contributed by atoms with E-state index in [0.717, 1.165) is 0 Å². The highest BCUT2D eigenvalue weighted by atomic mass is 35.5. The standard InChI is InChI=1S/C9H10ClFN2O2/c10-6-2-1-3-7(11)9(6)15-5-4-8(12)13-14/h1-3,14H,4-5H2,(H2,12,13). The first kappa shape index (κ1) is 11.6. The number of nitrogens with two attached hydrogens (primary N) is 1. The second-order valence-electron chi connectivity index (χ2n) is 2.74. The van der Waals surface area contributed by atoms with Gasteiger partial charge in [0.05, 0.1) is 11.6 Å². The summed E-state index contributed by atoms with van der Waals surface area (Å²) in [6, 6.07) is 4.24. The molecule has 4 nitrogen and oxygen atoms in total. The Morgan fingerprint density at radius 2 is 2.33 bits per heavy atom. The molecule has 1 aromatic rings. The van der Waals surface area contributed by atoms with E-state index >= 15 is 0 Å². The highest BCUT2D eigenvalue weighted by Crippen LogP contribution is 2.27. The number of amidine groups is 1. The summed E-state index contributed by atoms with van der Waals surface area (Å²) in [5, 5.41) is 11.2. The zero-order valence-electron chi connectivity index (χ0n) is 7.78. The third-order valence-corrected chi connectivity index (χ3v) is 1.95. The Kier molecular flexibility index (Phi) is 4.17. The predicted octanol–water partition coefficient (Wildman–Crippen LogP) is 1.99. The van der Waals surface area contributed by atoms with Crippen molar-refractivity contribution in [2.45, 2.75) is 6.42 Å². The summed E-state index contributed by atoms with van der Waals surface area (Å²) >= 11 is 5.70. The first-order valence-corrected chi connectivity index (χ1v) is 4.56. The molecule has 82 valence electrons. The van der Waals surface area contributed by atoms with Crippen molar-refractivity contribution >= 4 is 17.4 Å². The van der Waals surface area contributed by atoms with Crippen molar-refractivity contribution in [3.05, 3.63) is 29.0 Å². The second kappa shape index (κ2) is 5.41. The monoisotopic (exact) mass is 232 g/mol. The summed E-state index contributed by atoms with van der Waals surface area (Å²) in [7, 11) is 0. The minimum absolute atomic E-state index is 0.0162. The van der Waals surface area contributed by atoms with Crippen molar-refractivity contribution < 1.29 is 14.3 Å². The van der Waals surface area contributed by atoms with Gasteiger partial charge in [-0.3, -0.25) is 0 Å². The largest absolute Gasteiger partial charge is 0.488 e. The number of para-hydroxylation sites is 1. The Hall–Kier alpha value is -1.49. The van der Waals surface area contributed by atoms with Gasteiger partial charge in [-0.1, -0.05) is 22.8 Å². The highest BCUT2D eigenvalue weighted by molar-refractivity contribution is 6.32. The number of hydrogen-bond donors (Lipinski definition) is 2. The smallest absolute Gasteiger partial charge is 0.173 e. The van der Waals surface area contributed by atoms with Crippen LogP contribution in [0.15, 0.2) is 23.4 Å². The van der Waals surface area contributed by atoms with Crippen LogP contribution in [0.2, 0.25) is 5.02 Å². The molecule has 0 saturated heterocycles. The average Bonchev–Trinajstić information content (AvgIpc) is 2.22. The van der Waals surface area contributed by atoms with Gasteiger partial charge < -0.3 is 15.7 Å². The second-order valence-corrected chi connectivity index (χ2v) is 3.15. The van der Waals surface area contributed by atoms with E-state index in [1.165, 1.54) is 18.2 Å². The van der Waals surface area contributed by atoms with Crippen LogP contribution in [-0.4, -0.2) is 17.6 Å². The van der Waals surface area contributed by atoms with Gasteiger partial charge in [0.25, 0.3) is 0 Å². The maximum absolute atomic E-state index is 13.1. The molecule has 15 heavy (non-hydrogen) atoms. The topological polar surface area (TPSA) is 67.8 Å². The van der Waals surface area contributed by atoms with Crippen molar-refractivity contribution in [2.24, 2.45) is 10.9 Å². The van der Waals surface area contributed by atoms with Crippen LogP contribution in [0.1, 0.15) is 6.42 Å². The van der Waals surface area contributed by atoms with Crippen LogP contribution in [-0.2, 0) is 0 Å². The lowest BCUT2D eigenvalue weighted by Gasteiger charge is -2.07. The molecular weight excluding hydrogens is 223 g/mol. The lowest BCUT2D eigenvalue weighted by Crippen LogP contribution is -2.15. The van der Waals surface area contributed by atoms with E-state index in [0.29, 0.717) is 0 Å². The SMILES string of the molecule is N/C(CCOc1c(F)cccc1Cl)=N/O. The van der Waals surface area contributed by atoms with Crippen LogP contribution in [0.25, 0.3) is 0 Å². The predicted molar refractivity (Wildman–Crippen MR) is 54.9 cm³/mol. The van der Waals surface area contributed by atoms with Crippen molar-refractivity contribution in [2.75, 3.05) is 6.61 Å². The number of benzene rings is 1. The minimum Gasteiger partial charge on any atom is -0.488 e. The number of nitrogens with zero attached hydrogens (tertiary/aromatic N) is 1. The lowest BCUT2D eigenvalue weighted by atomic mass is 10.3. The van der Waals surface area contributed by atoms with E-state index in [4.69, 9.17) is 27.3 Å². The molecule has 0 fully saturated rings. The summed E-state index contributed by atoms with van der Waals surface area (Å²) in [6.07, 6.45) is 0.196. The Balaban J connectivity index is 2.58. The molecule has 0 aromatic heterocycles. The van der Waals surface area contributed by atoms with Crippen LogP contribution in [0.3, 0.4) is 0 Å². The zero-order valence-corrected chi connectivity index (χ0v) is 8.54. The van der Waals surface area contributed by atoms with Gasteiger partial charge in [-0.25, -0.2) is 4.39 Å². The van der Waals surface area contributed by atoms with Crippen LogP contribution < -0.4 is 10.5 Å².